The van der Waals surface area contributed by atoms with E-state index in [4.69, 9.17) is 4.98 Å². The SMILES string of the molecule is Cc1ccccc1N1CC(c2nc3ccccc3n2CC(=O)N2CCC(C)CC2)CC1=O. The summed E-state index contributed by atoms with van der Waals surface area (Å²) in [6.45, 7) is 6.79. The Morgan fingerprint density at radius 1 is 1.06 bits per heavy atom. The highest BCUT2D eigenvalue weighted by atomic mass is 16.2. The molecule has 1 atom stereocenters. The van der Waals surface area contributed by atoms with E-state index in [2.05, 4.69) is 11.5 Å². The number of aromatic nitrogens is 2. The van der Waals surface area contributed by atoms with Crippen LogP contribution in [-0.4, -0.2) is 45.9 Å². The van der Waals surface area contributed by atoms with E-state index >= 15 is 0 Å². The molecule has 5 rings (SSSR count). The Balaban J connectivity index is 1.45. The molecular formula is C26H30N4O2. The smallest absolute Gasteiger partial charge is 0.242 e. The van der Waals surface area contributed by atoms with Crippen molar-refractivity contribution in [2.75, 3.05) is 24.5 Å². The lowest BCUT2D eigenvalue weighted by Gasteiger charge is -2.30. The molecule has 2 aliphatic rings. The van der Waals surface area contributed by atoms with E-state index in [-0.39, 0.29) is 24.3 Å². The molecule has 6 heteroatoms. The third kappa shape index (κ3) is 3.78. The second kappa shape index (κ2) is 8.41. The molecule has 2 aromatic carbocycles. The fourth-order valence-electron chi connectivity index (χ4n) is 5.04. The molecule has 3 aromatic rings. The average Bonchev–Trinajstić information content (AvgIpc) is 3.35. The Kier molecular flexibility index (Phi) is 5.45. The molecule has 2 saturated heterocycles. The summed E-state index contributed by atoms with van der Waals surface area (Å²) < 4.78 is 2.05. The number of hydrogen-bond donors (Lipinski definition) is 0. The topological polar surface area (TPSA) is 58.4 Å². The van der Waals surface area contributed by atoms with Crippen molar-refractivity contribution in [2.45, 2.75) is 45.6 Å². The predicted molar refractivity (Wildman–Crippen MR) is 126 cm³/mol. The second-order valence-electron chi connectivity index (χ2n) is 9.30. The van der Waals surface area contributed by atoms with Crippen molar-refractivity contribution in [1.29, 1.82) is 0 Å². The van der Waals surface area contributed by atoms with E-state index < -0.39 is 0 Å². The molecule has 166 valence electrons. The molecule has 0 aliphatic carbocycles. The summed E-state index contributed by atoms with van der Waals surface area (Å²) in [5.74, 6) is 1.74. The van der Waals surface area contributed by atoms with Crippen LogP contribution in [0, 0.1) is 12.8 Å². The standard InChI is InChI=1S/C26H30N4O2/c1-18-11-13-28(14-12-18)25(32)17-30-23-10-6-4-8-21(23)27-26(30)20-15-24(31)29(16-20)22-9-5-3-7-19(22)2/h3-10,18,20H,11-17H2,1-2H3. The van der Waals surface area contributed by atoms with Gasteiger partial charge in [0.2, 0.25) is 11.8 Å². The van der Waals surface area contributed by atoms with Crippen LogP contribution in [0.1, 0.15) is 43.5 Å². The third-order valence-electron chi connectivity index (χ3n) is 7.01. The van der Waals surface area contributed by atoms with Crippen molar-refractivity contribution in [3.05, 3.63) is 59.9 Å². The zero-order valence-corrected chi connectivity index (χ0v) is 18.8. The normalized spacial score (nSPS) is 19.8. The first-order chi connectivity index (χ1) is 15.5. The van der Waals surface area contributed by atoms with E-state index in [9.17, 15) is 9.59 Å². The maximum atomic E-state index is 13.2. The lowest BCUT2D eigenvalue weighted by molar-refractivity contribution is -0.133. The van der Waals surface area contributed by atoms with Gasteiger partial charge in [0.05, 0.1) is 11.0 Å². The van der Waals surface area contributed by atoms with E-state index in [1.54, 1.807) is 0 Å². The van der Waals surface area contributed by atoms with Crippen molar-refractivity contribution >= 4 is 28.5 Å². The van der Waals surface area contributed by atoms with Crippen LogP contribution in [0.15, 0.2) is 48.5 Å². The molecule has 0 bridgehead atoms. The summed E-state index contributed by atoms with van der Waals surface area (Å²) >= 11 is 0. The molecule has 0 radical (unpaired) electrons. The van der Waals surface area contributed by atoms with Crippen molar-refractivity contribution in [3.63, 3.8) is 0 Å². The number of para-hydroxylation sites is 3. The molecule has 3 heterocycles. The lowest BCUT2D eigenvalue weighted by atomic mass is 9.99. The number of piperidine rings is 1. The van der Waals surface area contributed by atoms with E-state index in [0.717, 1.165) is 54.0 Å². The molecule has 2 aliphatic heterocycles. The minimum atomic E-state index is -0.0383. The minimum Gasteiger partial charge on any atom is -0.341 e. The van der Waals surface area contributed by atoms with Crippen molar-refractivity contribution in [1.82, 2.24) is 14.5 Å². The number of nitrogens with zero attached hydrogens (tertiary/aromatic N) is 4. The van der Waals surface area contributed by atoms with Crippen LogP contribution in [0.5, 0.6) is 0 Å². The largest absolute Gasteiger partial charge is 0.341 e. The zero-order chi connectivity index (χ0) is 22.2. The first-order valence-corrected chi connectivity index (χ1v) is 11.6. The van der Waals surface area contributed by atoms with Crippen LogP contribution in [-0.2, 0) is 16.1 Å². The monoisotopic (exact) mass is 430 g/mol. The van der Waals surface area contributed by atoms with Crippen molar-refractivity contribution in [2.24, 2.45) is 5.92 Å². The summed E-state index contributed by atoms with van der Waals surface area (Å²) in [6.07, 6.45) is 2.53. The maximum absolute atomic E-state index is 13.2. The van der Waals surface area contributed by atoms with E-state index in [0.29, 0.717) is 18.9 Å². The fraction of sp³-hybridized carbons (Fsp3) is 0.423. The van der Waals surface area contributed by atoms with Gasteiger partial charge in [-0.1, -0.05) is 37.3 Å². The fourth-order valence-corrected chi connectivity index (χ4v) is 5.04. The van der Waals surface area contributed by atoms with Crippen LogP contribution in [0.25, 0.3) is 11.0 Å². The maximum Gasteiger partial charge on any atom is 0.242 e. The zero-order valence-electron chi connectivity index (χ0n) is 18.8. The van der Waals surface area contributed by atoms with Gasteiger partial charge in [-0.3, -0.25) is 9.59 Å². The van der Waals surface area contributed by atoms with Gasteiger partial charge >= 0.3 is 0 Å². The van der Waals surface area contributed by atoms with Gasteiger partial charge in [0.25, 0.3) is 0 Å². The molecule has 1 aromatic heterocycles. The molecule has 6 nitrogen and oxygen atoms in total. The van der Waals surface area contributed by atoms with Crippen LogP contribution >= 0.6 is 0 Å². The van der Waals surface area contributed by atoms with E-state index in [1.165, 1.54) is 0 Å². The molecule has 2 amide bonds. The van der Waals surface area contributed by atoms with Crippen LogP contribution < -0.4 is 4.90 Å². The number of rotatable bonds is 4. The highest BCUT2D eigenvalue weighted by molar-refractivity contribution is 5.97. The highest BCUT2D eigenvalue weighted by Gasteiger charge is 2.36. The van der Waals surface area contributed by atoms with Gasteiger partial charge in [0.15, 0.2) is 0 Å². The number of likely N-dealkylation sites (tertiary alicyclic amines) is 1. The summed E-state index contributed by atoms with van der Waals surface area (Å²) in [6, 6.07) is 15.9. The molecule has 32 heavy (non-hydrogen) atoms. The molecular weight excluding hydrogens is 400 g/mol. The number of carbonyl (C=O) groups excluding carboxylic acids is 2. The Labute approximate surface area is 188 Å². The van der Waals surface area contributed by atoms with Gasteiger partial charge in [-0.25, -0.2) is 4.98 Å². The predicted octanol–water partition coefficient (Wildman–Crippen LogP) is 4.12. The van der Waals surface area contributed by atoms with Crippen molar-refractivity contribution in [3.8, 4) is 0 Å². The molecule has 2 fully saturated rings. The lowest BCUT2D eigenvalue weighted by Crippen LogP contribution is -2.40. The van der Waals surface area contributed by atoms with Gasteiger partial charge in [-0.05, 0) is 49.4 Å². The molecule has 0 spiro atoms. The number of imidazole rings is 1. The van der Waals surface area contributed by atoms with Crippen LogP contribution in [0.3, 0.4) is 0 Å². The van der Waals surface area contributed by atoms with Gasteiger partial charge in [-0.15, -0.1) is 0 Å². The van der Waals surface area contributed by atoms with Crippen LogP contribution in [0.2, 0.25) is 0 Å². The first kappa shape index (κ1) is 20.7. The number of hydrogen-bond acceptors (Lipinski definition) is 3. The first-order valence-electron chi connectivity index (χ1n) is 11.6. The number of anilines is 1. The summed E-state index contributed by atoms with van der Waals surface area (Å²) in [7, 11) is 0. The van der Waals surface area contributed by atoms with Gasteiger partial charge in [0.1, 0.15) is 12.4 Å². The summed E-state index contributed by atoms with van der Waals surface area (Å²) in [5, 5.41) is 0. The number of amides is 2. The van der Waals surface area contributed by atoms with Crippen molar-refractivity contribution < 1.29 is 9.59 Å². The number of aryl methyl sites for hydroxylation is 1. The highest BCUT2D eigenvalue weighted by Crippen LogP contribution is 2.34. The van der Waals surface area contributed by atoms with Gasteiger partial charge in [-0.2, -0.15) is 0 Å². The van der Waals surface area contributed by atoms with Crippen LogP contribution in [0.4, 0.5) is 5.69 Å². The van der Waals surface area contributed by atoms with Gasteiger partial charge < -0.3 is 14.4 Å². The van der Waals surface area contributed by atoms with E-state index in [1.807, 2.05) is 65.3 Å². The molecule has 0 saturated carbocycles. The summed E-state index contributed by atoms with van der Waals surface area (Å²) in [4.78, 5) is 34.9. The number of fused-ring (bicyclic) bond motifs is 1. The molecule has 0 N–H and O–H groups in total. The number of benzene rings is 2. The molecule has 1 unspecified atom stereocenters. The Hall–Kier alpha value is -3.15. The summed E-state index contributed by atoms with van der Waals surface area (Å²) in [5.41, 5.74) is 3.89. The minimum absolute atomic E-state index is 0.0383. The van der Waals surface area contributed by atoms with Gasteiger partial charge in [0, 0.05) is 37.7 Å². The third-order valence-corrected chi connectivity index (χ3v) is 7.01. The Morgan fingerprint density at radius 2 is 1.78 bits per heavy atom. The Bertz CT molecular complexity index is 1160. The quantitative estimate of drug-likeness (QED) is 0.626. The Morgan fingerprint density at radius 3 is 2.56 bits per heavy atom. The average molecular weight is 431 g/mol. The second-order valence-corrected chi connectivity index (χ2v) is 9.30. The number of carbonyl (C=O) groups is 2.